The topological polar surface area (TPSA) is 74.6 Å². The van der Waals surface area contributed by atoms with Crippen LogP contribution in [0.2, 0.25) is 0 Å². The van der Waals surface area contributed by atoms with Crippen molar-refractivity contribution in [3.8, 4) is 0 Å². The Morgan fingerprint density at radius 2 is 1.28 bits per heavy atom. The Morgan fingerprint density at radius 3 is 1.80 bits per heavy atom. The fourth-order valence-electron chi connectivity index (χ4n) is 2.39. The summed E-state index contributed by atoms with van der Waals surface area (Å²) in [5.74, 6) is -2.22. The molecule has 0 bridgehead atoms. The summed E-state index contributed by atoms with van der Waals surface area (Å²) in [7, 11) is 0. The molecule has 0 amide bonds. The number of rotatable bonds is 2. The van der Waals surface area contributed by atoms with Gasteiger partial charge in [0.15, 0.2) is 0 Å². The number of hydrogen-bond acceptors (Lipinski definition) is 2. The van der Waals surface area contributed by atoms with Gasteiger partial charge in [0.25, 0.3) is 0 Å². The summed E-state index contributed by atoms with van der Waals surface area (Å²) in [6.45, 7) is 1.48. The van der Waals surface area contributed by atoms with Gasteiger partial charge in [0.2, 0.25) is 0 Å². The number of hydrogen-bond donors (Lipinski definition) is 2. The van der Waals surface area contributed by atoms with Crippen molar-refractivity contribution < 1.29 is 36.8 Å². The van der Waals surface area contributed by atoms with Gasteiger partial charge >= 0.3 is 90.6 Å². The van der Waals surface area contributed by atoms with Crippen LogP contribution in [-0.2, 0) is 0 Å². The van der Waals surface area contributed by atoms with Crippen LogP contribution >= 0.6 is 0 Å². The van der Waals surface area contributed by atoms with Crippen molar-refractivity contribution in [3.63, 3.8) is 0 Å². The molecule has 2 N–H and O–H groups in total. The molecule has 4 nitrogen and oxygen atoms in total. The molecule has 0 radical (unpaired) electrons. The molecule has 3 rings (SSSR count). The second-order valence-corrected chi connectivity index (χ2v) is 5.99. The van der Waals surface area contributed by atoms with E-state index in [2.05, 4.69) is 42.5 Å². The zero-order valence-corrected chi connectivity index (χ0v) is 16.6. The summed E-state index contributed by atoms with van der Waals surface area (Å²) in [6.07, 6.45) is 0. The molecule has 0 atom stereocenters. The van der Waals surface area contributed by atoms with Crippen LogP contribution in [0.25, 0.3) is 10.8 Å². The Labute approximate surface area is 168 Å². The first-order valence-corrected chi connectivity index (χ1v) is 7.98. The van der Waals surface area contributed by atoms with Crippen molar-refractivity contribution in [2.24, 2.45) is 0 Å². The second kappa shape index (κ2) is 9.55. The number of carboxylic acid groups (broad SMARTS) is 2. The molecule has 124 valence electrons. The molecule has 0 saturated carbocycles. The van der Waals surface area contributed by atoms with Gasteiger partial charge in [-0.25, -0.2) is 9.59 Å². The third kappa shape index (κ3) is 5.29. The minimum atomic E-state index is -1.11. The van der Waals surface area contributed by atoms with Crippen LogP contribution in [0, 0.1) is 6.92 Å². The van der Waals surface area contributed by atoms with E-state index in [0.29, 0.717) is 0 Å². The summed E-state index contributed by atoms with van der Waals surface area (Å²) < 4.78 is 1.38. The van der Waals surface area contributed by atoms with Crippen LogP contribution < -0.4 is 20.7 Å². The van der Waals surface area contributed by atoms with Gasteiger partial charge in [-0.15, -0.1) is 0 Å². The van der Waals surface area contributed by atoms with E-state index in [9.17, 15) is 9.59 Å². The van der Waals surface area contributed by atoms with Gasteiger partial charge in [-0.1, -0.05) is 6.07 Å². The number of halogens is 1. The van der Waals surface area contributed by atoms with Gasteiger partial charge in [-0.05, 0) is 24.6 Å². The van der Waals surface area contributed by atoms with E-state index in [1.165, 1.54) is 39.6 Å². The summed E-state index contributed by atoms with van der Waals surface area (Å²) >= 11 is 1.94. The predicted molar refractivity (Wildman–Crippen MR) is 94.4 cm³/mol. The monoisotopic (exact) mass is 410 g/mol. The van der Waals surface area contributed by atoms with E-state index in [4.69, 9.17) is 10.2 Å². The molecule has 3 aromatic rings. The average Bonchev–Trinajstić information content (AvgIpc) is 2.55. The van der Waals surface area contributed by atoms with Crippen LogP contribution in [0.1, 0.15) is 26.3 Å². The molecule has 0 aliphatic rings. The van der Waals surface area contributed by atoms with Gasteiger partial charge in [-0.2, -0.15) is 0 Å². The van der Waals surface area contributed by atoms with E-state index in [0.717, 1.165) is 0 Å². The number of aromatic carboxylic acids is 2. The summed E-state index contributed by atoms with van der Waals surface area (Å²) in [5, 5.41) is 20.1. The van der Waals surface area contributed by atoms with Crippen molar-refractivity contribution in [3.05, 3.63) is 77.4 Å². The molecule has 25 heavy (non-hydrogen) atoms. The Kier molecular flexibility index (Phi) is 8.08. The van der Waals surface area contributed by atoms with Crippen LogP contribution in [0.15, 0.2) is 60.7 Å². The van der Waals surface area contributed by atoms with Crippen molar-refractivity contribution in [2.45, 2.75) is 6.92 Å². The van der Waals surface area contributed by atoms with Crippen LogP contribution in [-0.4, -0.2) is 43.9 Å². The molecule has 0 aliphatic heterocycles. The molecule has 0 fully saturated rings. The third-order valence-corrected chi connectivity index (χ3v) is 4.29. The zero-order chi connectivity index (χ0) is 17.7. The molecule has 0 aliphatic carbocycles. The zero-order valence-electron chi connectivity index (χ0n) is 13.6. The van der Waals surface area contributed by atoms with Crippen LogP contribution in [0.3, 0.4) is 0 Å². The molecule has 0 aromatic heterocycles. The van der Waals surface area contributed by atoms with Gasteiger partial charge in [0.1, 0.15) is 0 Å². The summed E-state index contributed by atoms with van der Waals surface area (Å²) in [4.78, 5) is 21.2. The summed E-state index contributed by atoms with van der Waals surface area (Å²) in [5.41, 5.74) is 0.335. The fourth-order valence-corrected chi connectivity index (χ4v) is 2.85. The first-order valence-electron chi connectivity index (χ1n) is 7.27. The molecular weight excluding hydrogens is 396 g/mol. The molecular formula is C19H15BrMgO4. The first-order chi connectivity index (χ1) is 11.4. The normalized spacial score (nSPS) is 9.56. The van der Waals surface area contributed by atoms with Gasteiger partial charge < -0.3 is 27.2 Å². The first kappa shape index (κ1) is 21.1. The number of carbonyl (C=O) groups is 2. The van der Waals surface area contributed by atoms with E-state index < -0.39 is 11.9 Å². The van der Waals surface area contributed by atoms with Crippen molar-refractivity contribution in [1.29, 1.82) is 0 Å². The van der Waals surface area contributed by atoms with Gasteiger partial charge in [0, 0.05) is 0 Å². The van der Waals surface area contributed by atoms with E-state index in [-0.39, 0.29) is 33.7 Å². The average molecular weight is 412 g/mol. The minimum absolute atomic E-state index is 0. The quantitative estimate of drug-likeness (QED) is 0.584. The van der Waals surface area contributed by atoms with Gasteiger partial charge in [0.05, 0.1) is 11.1 Å². The van der Waals surface area contributed by atoms with Crippen LogP contribution in [0.4, 0.5) is 0 Å². The summed E-state index contributed by atoms with van der Waals surface area (Å²) in [6, 6.07) is 19.0. The maximum absolute atomic E-state index is 10.6. The van der Waals surface area contributed by atoms with Crippen molar-refractivity contribution in [2.75, 3.05) is 0 Å². The molecule has 6 heteroatoms. The molecule has 0 heterocycles. The molecule has 3 aromatic carbocycles. The fraction of sp³-hybridized carbons (Fsp3) is 0.0526. The second-order valence-electron chi connectivity index (χ2n) is 5.23. The Bertz CT molecular complexity index is 871. The van der Waals surface area contributed by atoms with E-state index in [1.54, 1.807) is 0 Å². The van der Waals surface area contributed by atoms with Crippen molar-refractivity contribution >= 4 is 48.1 Å². The van der Waals surface area contributed by atoms with Crippen molar-refractivity contribution in [1.82, 2.24) is 0 Å². The number of fused-ring (bicyclic) bond motifs is 1. The Morgan fingerprint density at radius 1 is 0.800 bits per heavy atom. The maximum atomic E-state index is 10.6. The van der Waals surface area contributed by atoms with Crippen LogP contribution in [0.5, 0.6) is 0 Å². The Balaban J connectivity index is 0.000000243. The molecule has 0 spiro atoms. The standard InChI is InChI=1S/C10H7.C9H8O4.BrH.Mg/c1-2-6-10-8-4-3-7-9(10)5-1;1-5-6(8(10)11)3-2-4-7(5)9(12)13;;/h1-7H;2-4H,1H3,(H,10,11)(H,12,13);1H;/q;;;+1/p-1. The molecule has 0 unspecified atom stereocenters. The van der Waals surface area contributed by atoms with Gasteiger partial charge in [-0.3, -0.25) is 0 Å². The van der Waals surface area contributed by atoms with E-state index >= 15 is 0 Å². The number of benzene rings is 3. The third-order valence-electron chi connectivity index (χ3n) is 3.67. The van der Waals surface area contributed by atoms with E-state index in [1.807, 2.05) is 21.7 Å². The molecule has 0 saturated heterocycles. The number of carboxylic acids is 2. The Hall–Kier alpha value is -1.89. The predicted octanol–water partition coefficient (Wildman–Crippen LogP) is 0.0290. The SMILES string of the molecule is Cc1c(C(=O)O)cccc1C(=O)O.[Br-].[Mg+][c]1cccc2ccccc12.